The molecule has 197 valence electrons. The number of pyridine rings is 2. The molecular weight excluding hydrogens is 653 g/mol. The maximum absolute atomic E-state index is 8.22. The molecular formula is C36H32IrN2-2. The van der Waals surface area contributed by atoms with Gasteiger partial charge in [0.05, 0.1) is 0 Å². The minimum absolute atomic E-state index is 0. The molecule has 0 aliphatic carbocycles. The van der Waals surface area contributed by atoms with E-state index in [1.54, 1.807) is 6.20 Å². The SMILES string of the molecule is CC(C)c1ccnc(-c2[c-]cccc2)c1.[2H]C(C)(C)c1ccnc(-c2[c-]cc3c(ccc4ccccc43)c2)c1.[Ir]. The van der Waals surface area contributed by atoms with Crippen molar-refractivity contribution < 1.29 is 21.5 Å². The molecule has 0 saturated carbocycles. The molecule has 0 aliphatic heterocycles. The molecule has 2 aromatic heterocycles. The van der Waals surface area contributed by atoms with Gasteiger partial charge in [-0.3, -0.25) is 0 Å². The monoisotopic (exact) mass is 686 g/mol. The summed E-state index contributed by atoms with van der Waals surface area (Å²) >= 11 is 0. The van der Waals surface area contributed by atoms with Crippen LogP contribution < -0.4 is 0 Å². The fourth-order valence-corrected chi connectivity index (χ4v) is 4.49. The Labute approximate surface area is 246 Å². The molecule has 0 N–H and O–H groups in total. The number of benzene rings is 4. The van der Waals surface area contributed by atoms with Gasteiger partial charge in [-0.05, 0) is 40.7 Å². The quantitative estimate of drug-likeness (QED) is 0.136. The summed E-state index contributed by atoms with van der Waals surface area (Å²) in [6.07, 6.45) is 3.64. The van der Waals surface area contributed by atoms with Crippen molar-refractivity contribution in [1.29, 1.82) is 0 Å². The van der Waals surface area contributed by atoms with Crippen molar-refractivity contribution in [2.75, 3.05) is 0 Å². The van der Waals surface area contributed by atoms with Crippen LogP contribution in [0.4, 0.5) is 0 Å². The van der Waals surface area contributed by atoms with Gasteiger partial charge in [0.25, 0.3) is 0 Å². The fraction of sp³-hybridized carbons (Fsp3) is 0.167. The van der Waals surface area contributed by atoms with Crippen LogP contribution in [0.1, 0.15) is 52.0 Å². The second kappa shape index (κ2) is 12.9. The normalized spacial score (nSPS) is 11.5. The maximum Gasteiger partial charge on any atom is 0.0346 e. The van der Waals surface area contributed by atoms with Crippen molar-refractivity contribution >= 4 is 21.5 Å². The second-order valence-corrected chi connectivity index (χ2v) is 9.97. The molecule has 0 amide bonds. The minimum Gasteiger partial charge on any atom is -0.305 e. The van der Waals surface area contributed by atoms with Crippen molar-refractivity contribution in [3.05, 3.63) is 133 Å². The predicted octanol–water partition coefficient (Wildman–Crippen LogP) is 9.65. The first-order valence-electron chi connectivity index (χ1n) is 13.5. The van der Waals surface area contributed by atoms with Gasteiger partial charge in [-0.2, -0.15) is 0 Å². The zero-order valence-electron chi connectivity index (χ0n) is 23.7. The average molecular weight is 686 g/mol. The molecule has 6 rings (SSSR count). The molecule has 0 bridgehead atoms. The van der Waals surface area contributed by atoms with E-state index in [1.807, 2.05) is 62.5 Å². The molecule has 6 aromatic rings. The third kappa shape index (κ3) is 6.68. The Hall–Kier alpha value is -3.65. The Morgan fingerprint density at radius 3 is 2.03 bits per heavy atom. The summed E-state index contributed by atoms with van der Waals surface area (Å²) in [5.74, 6) is -0.0967. The van der Waals surface area contributed by atoms with E-state index in [4.69, 9.17) is 1.37 Å². The molecule has 4 aromatic carbocycles. The largest absolute Gasteiger partial charge is 0.305 e. The molecule has 0 atom stereocenters. The third-order valence-electron chi connectivity index (χ3n) is 6.73. The standard InChI is InChI=1S/C22H18N.C14H14N.Ir/c1-15(2)17-11-12-23-22(14-17)19-9-10-21-18(13-19)8-7-16-5-3-4-6-20(16)21;1-11(2)13-8-9-15-14(10-13)12-6-4-3-5-7-12;/h3-8,10-15H,1-2H3;3-6,8-11H,1-2H3;/q2*-1;/i15D;;. The van der Waals surface area contributed by atoms with E-state index in [0.717, 1.165) is 28.1 Å². The third-order valence-corrected chi connectivity index (χ3v) is 6.73. The van der Waals surface area contributed by atoms with Gasteiger partial charge in [0.1, 0.15) is 0 Å². The van der Waals surface area contributed by atoms with Crippen molar-refractivity contribution in [3.8, 4) is 22.5 Å². The summed E-state index contributed by atoms with van der Waals surface area (Å²) in [5, 5.41) is 4.86. The Morgan fingerprint density at radius 1 is 0.641 bits per heavy atom. The van der Waals surface area contributed by atoms with Crippen molar-refractivity contribution in [2.45, 2.75) is 39.5 Å². The number of hydrogen-bond acceptors (Lipinski definition) is 2. The Bertz CT molecular complexity index is 1720. The first kappa shape index (κ1) is 26.9. The molecule has 0 spiro atoms. The Morgan fingerprint density at radius 2 is 1.31 bits per heavy atom. The summed E-state index contributed by atoms with van der Waals surface area (Å²) in [6, 6.07) is 39.5. The van der Waals surface area contributed by atoms with Gasteiger partial charge < -0.3 is 9.97 Å². The van der Waals surface area contributed by atoms with Crippen LogP contribution in [0.3, 0.4) is 0 Å². The van der Waals surface area contributed by atoms with Crippen LogP contribution in [0.25, 0.3) is 44.1 Å². The van der Waals surface area contributed by atoms with Gasteiger partial charge in [-0.1, -0.05) is 98.1 Å². The van der Waals surface area contributed by atoms with Crippen LogP contribution >= 0.6 is 0 Å². The van der Waals surface area contributed by atoms with Crippen LogP contribution in [-0.2, 0) is 20.1 Å². The van der Waals surface area contributed by atoms with Gasteiger partial charge in [0.2, 0.25) is 0 Å². The second-order valence-electron chi connectivity index (χ2n) is 9.97. The van der Waals surface area contributed by atoms with Crippen LogP contribution in [0.15, 0.2) is 109 Å². The zero-order valence-corrected chi connectivity index (χ0v) is 25.1. The maximum atomic E-state index is 8.22. The van der Waals surface area contributed by atoms with Crippen molar-refractivity contribution in [3.63, 3.8) is 0 Å². The van der Waals surface area contributed by atoms with Gasteiger partial charge in [0.15, 0.2) is 0 Å². The summed E-state index contributed by atoms with van der Waals surface area (Å²) in [6.45, 7) is 8.16. The Kier molecular flexibility index (Phi) is 8.93. The van der Waals surface area contributed by atoms with Gasteiger partial charge in [-0.15, -0.1) is 65.0 Å². The summed E-state index contributed by atoms with van der Waals surface area (Å²) in [4.78, 5) is 8.84. The predicted molar refractivity (Wildman–Crippen MR) is 160 cm³/mol. The van der Waals surface area contributed by atoms with Crippen LogP contribution in [-0.4, -0.2) is 9.97 Å². The first-order chi connectivity index (χ1) is 18.8. The minimum atomic E-state index is -0.634. The fourth-order valence-electron chi connectivity index (χ4n) is 4.49. The molecule has 0 aliphatic rings. The molecule has 39 heavy (non-hydrogen) atoms. The number of nitrogens with zero attached hydrogens (tertiary/aromatic N) is 2. The number of fused-ring (bicyclic) bond motifs is 3. The first-order valence-corrected chi connectivity index (χ1v) is 13.0. The van der Waals surface area contributed by atoms with E-state index >= 15 is 0 Å². The van der Waals surface area contributed by atoms with E-state index < -0.39 is 5.89 Å². The van der Waals surface area contributed by atoms with E-state index in [-0.39, 0.29) is 20.1 Å². The van der Waals surface area contributed by atoms with Crippen LogP contribution in [0.2, 0.25) is 0 Å². The summed E-state index contributed by atoms with van der Waals surface area (Å²) in [5.41, 5.74) is 6.16. The van der Waals surface area contributed by atoms with E-state index in [2.05, 4.69) is 90.5 Å². The van der Waals surface area contributed by atoms with E-state index in [9.17, 15) is 0 Å². The van der Waals surface area contributed by atoms with E-state index in [0.29, 0.717) is 5.92 Å². The Balaban J connectivity index is 0.000000200. The van der Waals surface area contributed by atoms with Crippen molar-refractivity contribution in [2.24, 2.45) is 0 Å². The average Bonchev–Trinajstić information content (AvgIpc) is 2.97. The smallest absolute Gasteiger partial charge is 0.0346 e. The molecule has 3 heteroatoms. The zero-order chi connectivity index (χ0) is 27.4. The van der Waals surface area contributed by atoms with Gasteiger partial charge >= 0.3 is 0 Å². The molecule has 0 saturated heterocycles. The van der Waals surface area contributed by atoms with Crippen LogP contribution in [0.5, 0.6) is 0 Å². The number of aromatic nitrogens is 2. The molecule has 2 nitrogen and oxygen atoms in total. The van der Waals surface area contributed by atoms with Crippen molar-refractivity contribution in [1.82, 2.24) is 9.97 Å². The van der Waals surface area contributed by atoms with Gasteiger partial charge in [-0.25, -0.2) is 0 Å². The summed E-state index contributed by atoms with van der Waals surface area (Å²) < 4.78 is 8.22. The topological polar surface area (TPSA) is 25.8 Å². The molecule has 0 unspecified atom stereocenters. The number of hydrogen-bond donors (Lipinski definition) is 0. The van der Waals surface area contributed by atoms with Crippen LogP contribution in [0, 0.1) is 12.1 Å². The summed E-state index contributed by atoms with van der Waals surface area (Å²) in [7, 11) is 0. The molecule has 1 radical (unpaired) electrons. The number of rotatable bonds is 4. The van der Waals surface area contributed by atoms with Gasteiger partial charge in [0, 0.05) is 33.9 Å². The van der Waals surface area contributed by atoms with E-state index in [1.165, 1.54) is 27.1 Å². The molecule has 2 heterocycles. The molecule has 0 fully saturated rings.